The van der Waals surface area contributed by atoms with Crippen LogP contribution in [0.15, 0.2) is 72.9 Å². The number of non-ortho nitro benzene ring substituents is 1. The number of pyridine rings is 1. The third-order valence-electron chi connectivity index (χ3n) is 6.78. The minimum Gasteiger partial charge on any atom is -0.494 e. The van der Waals surface area contributed by atoms with Gasteiger partial charge in [0.1, 0.15) is 5.75 Å². The van der Waals surface area contributed by atoms with E-state index >= 15 is 0 Å². The minimum absolute atomic E-state index is 0.0190. The van der Waals surface area contributed by atoms with Crippen molar-refractivity contribution >= 4 is 28.7 Å². The van der Waals surface area contributed by atoms with E-state index in [9.17, 15) is 10.1 Å². The highest BCUT2D eigenvalue weighted by Crippen LogP contribution is 2.44. The third-order valence-corrected chi connectivity index (χ3v) is 7.10. The van der Waals surface area contributed by atoms with Crippen molar-refractivity contribution in [3.05, 3.63) is 111 Å². The average molecular weight is 514 g/mol. The highest BCUT2D eigenvalue weighted by molar-refractivity contribution is 7.80. The lowest BCUT2D eigenvalue weighted by Gasteiger charge is -2.28. The van der Waals surface area contributed by atoms with Gasteiger partial charge in [-0.3, -0.25) is 15.1 Å². The first-order valence-electron chi connectivity index (χ1n) is 11.9. The Kier molecular flexibility index (Phi) is 6.39. The summed E-state index contributed by atoms with van der Waals surface area (Å²) in [5.74, 6) is 0.430. The predicted octanol–water partition coefficient (Wildman–Crippen LogP) is 5.89. The topological polar surface area (TPSA) is 85.5 Å². The Labute approximate surface area is 220 Å². The molecule has 9 heteroatoms. The quantitative estimate of drug-likeness (QED) is 0.195. The molecule has 1 N–H and O–H groups in total. The van der Waals surface area contributed by atoms with E-state index in [0.717, 1.165) is 39.6 Å². The number of nitrogens with zero attached hydrogens (tertiary/aromatic N) is 4. The van der Waals surface area contributed by atoms with Crippen molar-refractivity contribution in [2.45, 2.75) is 32.9 Å². The number of ether oxygens (including phenoxy) is 1. The zero-order valence-corrected chi connectivity index (χ0v) is 21.8. The van der Waals surface area contributed by atoms with Crippen molar-refractivity contribution in [2.24, 2.45) is 0 Å². The number of nitro benzene ring substituents is 1. The second-order valence-corrected chi connectivity index (χ2v) is 9.50. The first-order valence-corrected chi connectivity index (χ1v) is 12.3. The molecule has 0 spiro atoms. The molecule has 3 heterocycles. The summed E-state index contributed by atoms with van der Waals surface area (Å²) in [5, 5.41) is 15.5. The molecule has 0 radical (unpaired) electrons. The van der Waals surface area contributed by atoms with Gasteiger partial charge in [0, 0.05) is 29.3 Å². The van der Waals surface area contributed by atoms with Gasteiger partial charge in [-0.25, -0.2) is 0 Å². The zero-order valence-electron chi connectivity index (χ0n) is 21.0. The van der Waals surface area contributed by atoms with Gasteiger partial charge in [-0.1, -0.05) is 18.2 Å². The molecule has 1 fully saturated rings. The summed E-state index contributed by atoms with van der Waals surface area (Å²) in [4.78, 5) is 17.7. The first kappa shape index (κ1) is 24.5. The van der Waals surface area contributed by atoms with E-state index in [1.54, 1.807) is 12.3 Å². The number of aromatic nitrogens is 2. The fourth-order valence-corrected chi connectivity index (χ4v) is 5.50. The van der Waals surface area contributed by atoms with Crippen LogP contribution in [0.1, 0.15) is 40.3 Å². The maximum absolute atomic E-state index is 11.3. The average Bonchev–Trinajstić information content (AvgIpc) is 3.39. The molecule has 0 unspecified atom stereocenters. The van der Waals surface area contributed by atoms with E-state index in [0.29, 0.717) is 10.9 Å². The van der Waals surface area contributed by atoms with Gasteiger partial charge in [0.15, 0.2) is 5.11 Å². The zero-order chi connectivity index (χ0) is 26.3. The molecule has 0 bridgehead atoms. The van der Waals surface area contributed by atoms with Crippen LogP contribution in [0.4, 0.5) is 11.4 Å². The molecule has 2 aromatic carbocycles. The standard InChI is InChI=1S/C28H27N5O3S/c1-17-8-7-9-20(14-17)32-27(26(30-28(32)37)23-10-5-6-13-29-23)22-15-18(2)31(19(22)3)24-12-11-21(33(34)35)16-25(24)36-4/h5-16,26-27H,1-4H3,(H,30,37)/t26-,27+/m0/s1. The monoisotopic (exact) mass is 513 g/mol. The minimum atomic E-state index is -0.421. The van der Waals surface area contributed by atoms with Crippen LogP contribution < -0.4 is 15.0 Å². The van der Waals surface area contributed by atoms with E-state index in [4.69, 9.17) is 17.0 Å². The van der Waals surface area contributed by atoms with Crippen molar-refractivity contribution in [3.63, 3.8) is 0 Å². The fourth-order valence-electron chi connectivity index (χ4n) is 5.15. The molecule has 4 aromatic rings. The highest BCUT2D eigenvalue weighted by atomic mass is 32.1. The van der Waals surface area contributed by atoms with Crippen LogP contribution in [-0.2, 0) is 0 Å². The Bertz CT molecular complexity index is 1500. The van der Waals surface area contributed by atoms with Crippen molar-refractivity contribution < 1.29 is 9.66 Å². The number of nitrogens with one attached hydrogen (secondary N) is 1. The van der Waals surface area contributed by atoms with Gasteiger partial charge in [-0.2, -0.15) is 0 Å². The lowest BCUT2D eigenvalue weighted by atomic mass is 9.96. The number of benzene rings is 2. The molecule has 1 aliphatic rings. The summed E-state index contributed by atoms with van der Waals surface area (Å²) in [6.07, 6.45) is 1.79. The molecule has 188 valence electrons. The van der Waals surface area contributed by atoms with Crippen LogP contribution in [0.3, 0.4) is 0 Å². The number of hydrogen-bond acceptors (Lipinski definition) is 5. The summed E-state index contributed by atoms with van der Waals surface area (Å²) < 4.78 is 7.64. The van der Waals surface area contributed by atoms with Gasteiger partial charge >= 0.3 is 0 Å². The van der Waals surface area contributed by atoms with Crippen LogP contribution in [0.2, 0.25) is 0 Å². The molecular weight excluding hydrogens is 486 g/mol. The Hall–Kier alpha value is -4.24. The van der Waals surface area contributed by atoms with Crippen LogP contribution in [0.25, 0.3) is 5.69 Å². The first-order chi connectivity index (χ1) is 17.8. The number of rotatable bonds is 6. The Morgan fingerprint density at radius 2 is 1.86 bits per heavy atom. The Balaban J connectivity index is 1.69. The van der Waals surface area contributed by atoms with Crippen LogP contribution in [-0.4, -0.2) is 26.7 Å². The molecule has 0 aliphatic carbocycles. The molecule has 8 nitrogen and oxygen atoms in total. The van der Waals surface area contributed by atoms with Crippen molar-refractivity contribution in [1.82, 2.24) is 14.9 Å². The maximum atomic E-state index is 11.3. The van der Waals surface area contributed by atoms with Gasteiger partial charge < -0.3 is 19.5 Å². The second kappa shape index (κ2) is 9.67. The van der Waals surface area contributed by atoms with Crippen LogP contribution in [0, 0.1) is 30.9 Å². The molecule has 0 saturated carbocycles. The van der Waals surface area contributed by atoms with Crippen molar-refractivity contribution in [3.8, 4) is 11.4 Å². The van der Waals surface area contributed by atoms with E-state index in [1.165, 1.54) is 19.2 Å². The summed E-state index contributed by atoms with van der Waals surface area (Å²) >= 11 is 5.87. The van der Waals surface area contributed by atoms with Gasteiger partial charge in [-0.05, 0) is 80.5 Å². The third kappa shape index (κ3) is 4.31. The summed E-state index contributed by atoms with van der Waals surface area (Å²) in [6, 6.07) is 20.6. The molecule has 2 atom stereocenters. The van der Waals surface area contributed by atoms with Gasteiger partial charge in [0.25, 0.3) is 5.69 Å². The predicted molar refractivity (Wildman–Crippen MR) is 148 cm³/mol. The summed E-state index contributed by atoms with van der Waals surface area (Å²) in [5.41, 5.74) is 6.78. The van der Waals surface area contributed by atoms with E-state index in [1.807, 2.05) is 31.2 Å². The number of anilines is 1. The Morgan fingerprint density at radius 1 is 1.05 bits per heavy atom. The Morgan fingerprint density at radius 3 is 2.54 bits per heavy atom. The van der Waals surface area contributed by atoms with Crippen LogP contribution >= 0.6 is 12.2 Å². The smallest absolute Gasteiger partial charge is 0.273 e. The molecule has 5 rings (SSSR count). The van der Waals surface area contributed by atoms with Gasteiger partial charge in [0.05, 0.1) is 41.6 Å². The van der Waals surface area contributed by atoms with Gasteiger partial charge in [-0.15, -0.1) is 0 Å². The molecule has 2 aromatic heterocycles. The maximum Gasteiger partial charge on any atom is 0.273 e. The molecule has 1 aliphatic heterocycles. The normalized spacial score (nSPS) is 17.1. The number of aryl methyl sites for hydroxylation is 2. The number of methoxy groups -OCH3 is 1. The lowest BCUT2D eigenvalue weighted by Crippen LogP contribution is -2.29. The van der Waals surface area contributed by atoms with Crippen molar-refractivity contribution in [2.75, 3.05) is 12.0 Å². The van der Waals surface area contributed by atoms with Gasteiger partial charge in [0.2, 0.25) is 0 Å². The molecule has 1 saturated heterocycles. The molecular formula is C28H27N5O3S. The SMILES string of the molecule is COc1cc([N+](=O)[O-])ccc1-n1c(C)cc([C@@H]2[C@H](c3ccccn3)NC(=S)N2c2cccc(C)c2)c1C. The fraction of sp³-hybridized carbons (Fsp3) is 0.214. The molecule has 37 heavy (non-hydrogen) atoms. The lowest BCUT2D eigenvalue weighted by molar-refractivity contribution is -0.384. The number of nitro groups is 1. The number of thiocarbonyl (C=S) groups is 1. The van der Waals surface area contributed by atoms with E-state index in [-0.39, 0.29) is 17.8 Å². The summed E-state index contributed by atoms with van der Waals surface area (Å²) in [7, 11) is 1.52. The molecule has 0 amide bonds. The second-order valence-electron chi connectivity index (χ2n) is 9.11. The van der Waals surface area contributed by atoms with E-state index < -0.39 is 4.92 Å². The van der Waals surface area contributed by atoms with E-state index in [2.05, 4.69) is 57.9 Å². The highest BCUT2D eigenvalue weighted by Gasteiger charge is 2.42. The van der Waals surface area contributed by atoms with Crippen molar-refractivity contribution in [1.29, 1.82) is 0 Å². The number of hydrogen-bond donors (Lipinski definition) is 1. The largest absolute Gasteiger partial charge is 0.494 e. The summed E-state index contributed by atoms with van der Waals surface area (Å²) in [6.45, 7) is 6.13. The van der Waals surface area contributed by atoms with Crippen LogP contribution in [0.5, 0.6) is 5.75 Å².